The van der Waals surface area contributed by atoms with Gasteiger partial charge in [0.2, 0.25) is 0 Å². The third-order valence-corrected chi connectivity index (χ3v) is 21.1. The van der Waals surface area contributed by atoms with Gasteiger partial charge in [0, 0.05) is 53.2 Å². The van der Waals surface area contributed by atoms with Crippen LogP contribution in [-0.4, -0.2) is 6.71 Å². The fourth-order valence-electron chi connectivity index (χ4n) is 15.3. The summed E-state index contributed by atoms with van der Waals surface area (Å²) in [6.45, 7) is 13.9. The molecule has 4 heterocycles. The van der Waals surface area contributed by atoms with E-state index in [9.17, 15) is 0 Å². The van der Waals surface area contributed by atoms with E-state index in [1.807, 2.05) is 0 Å². The molecule has 77 heavy (non-hydrogen) atoms. The van der Waals surface area contributed by atoms with E-state index in [1.165, 1.54) is 153 Å². The van der Waals surface area contributed by atoms with Gasteiger partial charge in [-0.3, -0.25) is 0 Å². The fourth-order valence-corrected chi connectivity index (χ4v) is 18.7. The van der Waals surface area contributed by atoms with E-state index < -0.39 is 10.8 Å². The summed E-state index contributed by atoms with van der Waals surface area (Å²) in [7, 11) is 0. The first-order chi connectivity index (χ1) is 37.6. The molecule has 11 aromatic rings. The number of para-hydroxylation sites is 1. The molecule has 2 nitrogen and oxygen atoms in total. The van der Waals surface area contributed by atoms with Crippen LogP contribution in [0.1, 0.15) is 100 Å². The van der Waals surface area contributed by atoms with E-state index in [0.29, 0.717) is 5.92 Å². The number of benzene rings is 9. The lowest BCUT2D eigenvalue weighted by Crippen LogP contribution is -2.59. The van der Waals surface area contributed by atoms with Crippen molar-refractivity contribution < 1.29 is 0 Å². The predicted molar refractivity (Wildman–Crippen MR) is 326 cm³/mol. The highest BCUT2D eigenvalue weighted by Crippen LogP contribution is 2.70. The van der Waals surface area contributed by atoms with Crippen LogP contribution in [0.25, 0.3) is 44.5 Å². The zero-order valence-corrected chi connectivity index (χ0v) is 45.6. The van der Waals surface area contributed by atoms with E-state index in [0.717, 1.165) is 0 Å². The van der Waals surface area contributed by atoms with Gasteiger partial charge in [-0.2, -0.15) is 0 Å². The highest BCUT2D eigenvalue weighted by Gasteiger charge is 2.60. The van der Waals surface area contributed by atoms with Crippen molar-refractivity contribution >= 4 is 78.5 Å². The first-order valence-electron chi connectivity index (χ1n) is 27.5. The lowest BCUT2D eigenvalue weighted by atomic mass is 9.39. The lowest BCUT2D eigenvalue weighted by molar-refractivity contribution is 0.590. The molecule has 0 bridgehead atoms. The molecule has 5 heteroatoms. The maximum Gasteiger partial charge on any atom is 0.277 e. The van der Waals surface area contributed by atoms with Crippen molar-refractivity contribution in [1.82, 2.24) is 0 Å². The lowest BCUT2D eigenvalue weighted by Gasteiger charge is -2.43. The second-order valence-corrected chi connectivity index (χ2v) is 25.8. The molecule has 17 rings (SSSR count). The van der Waals surface area contributed by atoms with Gasteiger partial charge in [-0.1, -0.05) is 204 Å². The zero-order chi connectivity index (χ0) is 51.4. The van der Waals surface area contributed by atoms with Crippen molar-refractivity contribution in [3.63, 3.8) is 0 Å². The minimum atomic E-state index is -0.498. The average molecular weight is 1020 g/mol. The smallest absolute Gasteiger partial charge is 0.277 e. The van der Waals surface area contributed by atoms with Crippen LogP contribution < -0.4 is 24.8 Å². The normalized spacial score (nSPS) is 15.4. The standard InChI is InChI=1S/C72H53BN2S2/c1-41(2)43-32-37-52-58(40-43)72(55-29-17-12-24-49(55)50-25-13-18-30-56(50)72)67-62(52)65-69(77-67)73-63-59(38-42(3)39-60(63)75(65)46-35-33-44(34-36-46)70(4,5)6)74(45-20-8-7-9-21-45)64-61-51-26-14-19-31-57(51)71(66(61)76-68(64)73)53-27-15-10-22-47(53)48-23-11-16-28-54(48)71/h7-41H,1-6H3. The van der Waals surface area contributed by atoms with E-state index in [4.69, 9.17) is 0 Å². The van der Waals surface area contributed by atoms with Gasteiger partial charge in [0.25, 0.3) is 6.71 Å². The number of hydrogen-bond donors (Lipinski definition) is 0. The Morgan fingerprint density at radius 2 is 0.831 bits per heavy atom. The molecule has 2 spiro atoms. The zero-order valence-electron chi connectivity index (χ0n) is 44.0. The molecule has 4 aliphatic carbocycles. The van der Waals surface area contributed by atoms with Crippen molar-refractivity contribution in [1.29, 1.82) is 0 Å². The van der Waals surface area contributed by atoms with Crippen LogP contribution in [0.5, 0.6) is 0 Å². The largest absolute Gasteiger partial charge is 0.310 e. The Balaban J connectivity index is 1.04. The van der Waals surface area contributed by atoms with Gasteiger partial charge in [-0.05, 0) is 144 Å². The van der Waals surface area contributed by atoms with Gasteiger partial charge in [-0.25, -0.2) is 0 Å². The molecule has 6 aliphatic rings. The SMILES string of the molecule is Cc1cc2c3c(c1)N(c1ccc(C(C)(C)C)cc1)c1c(sc4c1-c1ccc(C(C)C)cc1C41c4ccccc4-c4ccccc41)B3c1sc3c(c1N2c1ccccc1)-c1ccccc1C31c2ccccc2-c2ccccc21. The molecule has 0 saturated heterocycles. The molecular formula is C72H53BN2S2. The third kappa shape index (κ3) is 5.33. The van der Waals surface area contributed by atoms with E-state index in [2.05, 4.69) is 280 Å². The number of rotatable bonds is 3. The molecule has 2 aromatic heterocycles. The van der Waals surface area contributed by atoms with Gasteiger partial charge >= 0.3 is 0 Å². The summed E-state index contributed by atoms with van der Waals surface area (Å²) in [6.07, 6.45) is 0. The summed E-state index contributed by atoms with van der Waals surface area (Å²) in [4.78, 5) is 8.26. The van der Waals surface area contributed by atoms with Crippen LogP contribution in [0.2, 0.25) is 0 Å². The molecule has 0 fully saturated rings. The summed E-state index contributed by atoms with van der Waals surface area (Å²) in [6, 6.07) is 80.1. The summed E-state index contributed by atoms with van der Waals surface area (Å²) >= 11 is 4.19. The Kier molecular flexibility index (Phi) is 8.70. The quantitative estimate of drug-likeness (QED) is 0.163. The second kappa shape index (κ2) is 15.2. The van der Waals surface area contributed by atoms with Crippen LogP contribution in [0.3, 0.4) is 0 Å². The Morgan fingerprint density at radius 3 is 1.30 bits per heavy atom. The Hall–Kier alpha value is -7.96. The van der Waals surface area contributed by atoms with E-state index >= 15 is 0 Å². The summed E-state index contributed by atoms with van der Waals surface area (Å²) in [5.41, 5.74) is 31.1. The number of nitrogens with zero attached hydrogens (tertiary/aromatic N) is 2. The van der Waals surface area contributed by atoms with Gasteiger partial charge in [0.1, 0.15) is 0 Å². The molecule has 0 atom stereocenters. The minimum absolute atomic E-state index is 0.00793. The first-order valence-corrected chi connectivity index (χ1v) is 29.1. The summed E-state index contributed by atoms with van der Waals surface area (Å²) < 4.78 is 2.85. The van der Waals surface area contributed by atoms with Crippen molar-refractivity contribution in [3.8, 4) is 44.5 Å². The van der Waals surface area contributed by atoms with Gasteiger partial charge in [0.15, 0.2) is 0 Å². The van der Waals surface area contributed by atoms with Crippen LogP contribution in [0.4, 0.5) is 34.1 Å². The fraction of sp³-hybridized carbons (Fsp3) is 0.139. The molecule has 9 aromatic carbocycles. The highest BCUT2D eigenvalue weighted by atomic mass is 32.1. The van der Waals surface area contributed by atoms with Gasteiger partial charge in [0.05, 0.1) is 22.2 Å². The number of aryl methyl sites for hydroxylation is 1. The van der Waals surface area contributed by atoms with Crippen molar-refractivity contribution in [2.75, 3.05) is 9.80 Å². The molecule has 0 amide bonds. The monoisotopic (exact) mass is 1020 g/mol. The molecule has 0 saturated carbocycles. The second-order valence-electron chi connectivity index (χ2n) is 23.7. The number of fused-ring (bicyclic) bond motifs is 26. The summed E-state index contributed by atoms with van der Waals surface area (Å²) in [5, 5.41) is 0. The van der Waals surface area contributed by atoms with Crippen LogP contribution in [0.15, 0.2) is 206 Å². The average Bonchev–Trinajstić information content (AvgIpc) is 3.54. The summed E-state index contributed by atoms with van der Waals surface area (Å²) in [5.74, 6) is 0.379. The maximum absolute atomic E-state index is 2.71. The molecule has 366 valence electrons. The molecule has 0 radical (unpaired) electrons. The van der Waals surface area contributed by atoms with Crippen LogP contribution >= 0.6 is 22.7 Å². The minimum Gasteiger partial charge on any atom is -0.310 e. The number of hydrogen-bond acceptors (Lipinski definition) is 4. The van der Waals surface area contributed by atoms with E-state index in [-0.39, 0.29) is 12.1 Å². The van der Waals surface area contributed by atoms with Crippen LogP contribution in [0, 0.1) is 6.92 Å². The molecule has 0 N–H and O–H groups in total. The number of thiophene rings is 2. The van der Waals surface area contributed by atoms with Gasteiger partial charge in [-0.15, -0.1) is 22.7 Å². The van der Waals surface area contributed by atoms with Crippen LogP contribution in [-0.2, 0) is 16.2 Å². The van der Waals surface area contributed by atoms with Crippen molar-refractivity contribution in [2.24, 2.45) is 0 Å². The Morgan fingerprint density at radius 1 is 0.429 bits per heavy atom. The molecule has 0 unspecified atom stereocenters. The topological polar surface area (TPSA) is 6.48 Å². The van der Waals surface area contributed by atoms with Gasteiger partial charge < -0.3 is 9.80 Å². The molecular weight excluding hydrogens is 968 g/mol. The predicted octanol–water partition coefficient (Wildman–Crippen LogP) is 17.3. The number of anilines is 6. The highest BCUT2D eigenvalue weighted by molar-refractivity contribution is 7.37. The first kappa shape index (κ1) is 44.2. The van der Waals surface area contributed by atoms with Crippen molar-refractivity contribution in [3.05, 3.63) is 266 Å². The van der Waals surface area contributed by atoms with E-state index in [1.54, 1.807) is 0 Å². The maximum atomic E-state index is 2.71. The third-order valence-electron chi connectivity index (χ3n) is 18.4. The molecule has 2 aliphatic heterocycles. The van der Waals surface area contributed by atoms with Crippen molar-refractivity contribution in [2.45, 2.75) is 63.7 Å². The Labute approximate surface area is 459 Å². The Bertz CT molecular complexity index is 4300.